The van der Waals surface area contributed by atoms with Gasteiger partial charge < -0.3 is 9.31 Å². The summed E-state index contributed by atoms with van der Waals surface area (Å²) in [6.07, 6.45) is 2.29. The van der Waals surface area contributed by atoms with Crippen LogP contribution in [-0.4, -0.2) is 29.6 Å². The van der Waals surface area contributed by atoms with Gasteiger partial charge in [0.2, 0.25) is 0 Å². The Hall–Kier alpha value is -1.20. The van der Waals surface area contributed by atoms with E-state index in [4.69, 9.17) is 9.31 Å². The number of hydrogen-bond acceptors (Lipinski definition) is 4. The number of carbonyl (C=O) groups is 1. The van der Waals surface area contributed by atoms with Gasteiger partial charge in [-0.15, -0.1) is 0 Å². The number of hydrogen-bond donors (Lipinski definition) is 0. The van der Waals surface area contributed by atoms with E-state index in [-0.39, 0.29) is 11.2 Å². The summed E-state index contributed by atoms with van der Waals surface area (Å²) in [6.45, 7) is 7.97. The van der Waals surface area contributed by atoms with Crippen molar-refractivity contribution in [1.82, 2.24) is 4.98 Å². The first-order valence-electron chi connectivity index (χ1n) is 5.62. The second-order valence-corrected chi connectivity index (χ2v) is 5.22. The quantitative estimate of drug-likeness (QED) is 0.568. The van der Waals surface area contributed by atoms with Crippen LogP contribution in [0.1, 0.15) is 38.1 Å². The minimum atomic E-state index is -0.472. The predicted molar refractivity (Wildman–Crippen MR) is 65.3 cm³/mol. The molecule has 1 aromatic heterocycles. The molecule has 1 aromatic rings. The summed E-state index contributed by atoms with van der Waals surface area (Å²) in [5.41, 5.74) is 0.491. The van der Waals surface area contributed by atoms with Crippen LogP contribution in [0.4, 0.5) is 0 Å². The summed E-state index contributed by atoms with van der Waals surface area (Å²) in [5, 5.41) is 0. The minimum Gasteiger partial charge on any atom is -0.398 e. The maximum atomic E-state index is 10.5. The summed E-state index contributed by atoms with van der Waals surface area (Å²) in [6, 6.07) is 3.46. The van der Waals surface area contributed by atoms with Gasteiger partial charge in [-0.25, -0.2) is 0 Å². The number of aromatic nitrogens is 1. The van der Waals surface area contributed by atoms with Crippen LogP contribution in [0.3, 0.4) is 0 Å². The Labute approximate surface area is 101 Å². The lowest BCUT2D eigenvalue weighted by Gasteiger charge is -2.32. The molecule has 4 nitrogen and oxygen atoms in total. The van der Waals surface area contributed by atoms with Crippen molar-refractivity contribution in [2.45, 2.75) is 38.9 Å². The van der Waals surface area contributed by atoms with Crippen molar-refractivity contribution < 1.29 is 14.1 Å². The Morgan fingerprint density at radius 1 is 1.18 bits per heavy atom. The topological polar surface area (TPSA) is 48.4 Å². The van der Waals surface area contributed by atoms with Crippen molar-refractivity contribution in [2.24, 2.45) is 0 Å². The number of aldehydes is 1. The van der Waals surface area contributed by atoms with Crippen LogP contribution in [0.25, 0.3) is 0 Å². The molecule has 2 rings (SSSR count). The second-order valence-electron chi connectivity index (χ2n) is 5.22. The first-order chi connectivity index (χ1) is 7.86. The summed E-state index contributed by atoms with van der Waals surface area (Å²) < 4.78 is 11.7. The Balaban J connectivity index is 2.22. The Morgan fingerprint density at radius 3 is 2.18 bits per heavy atom. The maximum Gasteiger partial charge on any atom is 0.514 e. The highest BCUT2D eigenvalue weighted by Crippen LogP contribution is 2.36. The smallest absolute Gasteiger partial charge is 0.398 e. The van der Waals surface area contributed by atoms with Gasteiger partial charge in [0.05, 0.1) is 16.8 Å². The molecule has 0 spiro atoms. The molecule has 0 radical (unpaired) electrons. The molecule has 0 saturated carbocycles. The molecule has 0 unspecified atom stereocenters. The van der Waals surface area contributed by atoms with Crippen LogP contribution in [0.5, 0.6) is 0 Å². The maximum absolute atomic E-state index is 10.5. The Bertz CT molecular complexity index is 412. The molecule has 1 fully saturated rings. The molecular formula is C12H16BNO3. The van der Waals surface area contributed by atoms with E-state index in [1.807, 2.05) is 27.7 Å². The molecule has 1 aliphatic heterocycles. The van der Waals surface area contributed by atoms with E-state index >= 15 is 0 Å². The molecule has 0 aromatic carbocycles. The van der Waals surface area contributed by atoms with Crippen LogP contribution < -0.4 is 5.59 Å². The number of rotatable bonds is 2. The Kier molecular flexibility index (Phi) is 2.83. The van der Waals surface area contributed by atoms with Gasteiger partial charge in [-0.3, -0.25) is 9.78 Å². The second kappa shape index (κ2) is 3.93. The van der Waals surface area contributed by atoms with Gasteiger partial charge in [0.25, 0.3) is 0 Å². The monoisotopic (exact) mass is 233 g/mol. The minimum absolute atomic E-state index is 0.372. The lowest BCUT2D eigenvalue weighted by molar-refractivity contribution is 0.00578. The van der Waals surface area contributed by atoms with E-state index in [1.165, 1.54) is 6.20 Å². The number of pyridine rings is 1. The van der Waals surface area contributed by atoms with Crippen LogP contribution in [0.2, 0.25) is 0 Å². The lowest BCUT2D eigenvalue weighted by atomic mass is 9.84. The normalized spacial score (nSPS) is 21.5. The van der Waals surface area contributed by atoms with E-state index in [0.29, 0.717) is 11.2 Å². The molecule has 5 heteroatoms. The molecule has 1 aliphatic rings. The first-order valence-corrected chi connectivity index (χ1v) is 5.62. The number of nitrogens with zero attached hydrogens (tertiary/aromatic N) is 1. The first kappa shape index (κ1) is 12.3. The van der Waals surface area contributed by atoms with E-state index < -0.39 is 7.12 Å². The Morgan fingerprint density at radius 2 is 1.76 bits per heavy atom. The van der Waals surface area contributed by atoms with Crippen molar-refractivity contribution >= 4 is 19.0 Å². The van der Waals surface area contributed by atoms with Gasteiger partial charge in [0.1, 0.15) is 0 Å². The standard InChI is InChI=1S/C12H16BNO3/c1-11(2)12(3,4)17-13(16-11)10-6-5-9(8-15)7-14-10/h5-8H,1-4H3. The molecule has 2 heterocycles. The van der Waals surface area contributed by atoms with Gasteiger partial charge in [0.15, 0.2) is 6.29 Å². The van der Waals surface area contributed by atoms with Gasteiger partial charge in [-0.05, 0) is 39.8 Å². The highest BCUT2D eigenvalue weighted by molar-refractivity contribution is 6.61. The highest BCUT2D eigenvalue weighted by atomic mass is 16.7. The molecular weight excluding hydrogens is 217 g/mol. The molecule has 0 aliphatic carbocycles. The third kappa shape index (κ3) is 2.12. The van der Waals surface area contributed by atoms with Crippen LogP contribution >= 0.6 is 0 Å². The van der Waals surface area contributed by atoms with Crippen LogP contribution in [0.15, 0.2) is 18.3 Å². The van der Waals surface area contributed by atoms with Crippen LogP contribution in [0, 0.1) is 0 Å². The fourth-order valence-electron chi connectivity index (χ4n) is 1.59. The highest BCUT2D eigenvalue weighted by Gasteiger charge is 2.52. The van der Waals surface area contributed by atoms with Gasteiger partial charge in [-0.1, -0.05) is 0 Å². The molecule has 17 heavy (non-hydrogen) atoms. The molecule has 90 valence electrons. The zero-order chi connectivity index (χ0) is 12.7. The third-order valence-corrected chi connectivity index (χ3v) is 3.44. The van der Waals surface area contributed by atoms with Crippen molar-refractivity contribution in [1.29, 1.82) is 0 Å². The summed E-state index contributed by atoms with van der Waals surface area (Å²) in [7, 11) is -0.472. The zero-order valence-electron chi connectivity index (χ0n) is 10.6. The van der Waals surface area contributed by atoms with E-state index in [2.05, 4.69) is 4.98 Å². The molecule has 0 bridgehead atoms. The van der Waals surface area contributed by atoms with Crippen molar-refractivity contribution in [3.8, 4) is 0 Å². The molecule has 0 amide bonds. The SMILES string of the molecule is CC1(C)OB(c2ccc(C=O)cn2)OC1(C)C. The summed E-state index contributed by atoms with van der Waals surface area (Å²) in [5.74, 6) is 0. The third-order valence-electron chi connectivity index (χ3n) is 3.44. The average molecular weight is 233 g/mol. The summed E-state index contributed by atoms with van der Waals surface area (Å²) in [4.78, 5) is 14.7. The molecule has 0 N–H and O–H groups in total. The fourth-order valence-corrected chi connectivity index (χ4v) is 1.59. The fraction of sp³-hybridized carbons (Fsp3) is 0.500. The van der Waals surface area contributed by atoms with Gasteiger partial charge in [-0.2, -0.15) is 0 Å². The van der Waals surface area contributed by atoms with Gasteiger partial charge >= 0.3 is 7.12 Å². The predicted octanol–water partition coefficient (Wildman–Crippen LogP) is 1.19. The average Bonchev–Trinajstić information content (AvgIpc) is 2.48. The van der Waals surface area contributed by atoms with Crippen molar-refractivity contribution in [3.05, 3.63) is 23.9 Å². The van der Waals surface area contributed by atoms with Crippen LogP contribution in [-0.2, 0) is 9.31 Å². The molecule has 1 saturated heterocycles. The van der Waals surface area contributed by atoms with Crippen molar-refractivity contribution in [3.63, 3.8) is 0 Å². The summed E-state index contributed by atoms with van der Waals surface area (Å²) >= 11 is 0. The van der Waals surface area contributed by atoms with Gasteiger partial charge in [0, 0.05) is 11.8 Å². The number of carbonyl (C=O) groups excluding carboxylic acids is 1. The van der Waals surface area contributed by atoms with E-state index in [1.54, 1.807) is 12.1 Å². The zero-order valence-corrected chi connectivity index (χ0v) is 10.6. The van der Waals surface area contributed by atoms with E-state index in [9.17, 15) is 4.79 Å². The molecule has 0 atom stereocenters. The largest absolute Gasteiger partial charge is 0.514 e. The lowest BCUT2D eigenvalue weighted by Crippen LogP contribution is -2.41. The van der Waals surface area contributed by atoms with E-state index in [0.717, 1.165) is 6.29 Å². The van der Waals surface area contributed by atoms with Crippen molar-refractivity contribution in [2.75, 3.05) is 0 Å².